The highest BCUT2D eigenvalue weighted by molar-refractivity contribution is 6.30. The zero-order valence-electron chi connectivity index (χ0n) is 12.3. The van der Waals surface area contributed by atoms with E-state index in [1.807, 2.05) is 12.1 Å². The van der Waals surface area contributed by atoms with Gasteiger partial charge in [-0.2, -0.15) is 0 Å². The second-order valence-corrected chi connectivity index (χ2v) is 5.52. The summed E-state index contributed by atoms with van der Waals surface area (Å²) in [6, 6.07) is 7.97. The summed E-state index contributed by atoms with van der Waals surface area (Å²) < 4.78 is 4.78. The lowest BCUT2D eigenvalue weighted by Gasteiger charge is -2.36. The molecule has 0 atom stereocenters. The monoisotopic (exact) mass is 311 g/mol. The van der Waals surface area contributed by atoms with Crippen LogP contribution in [0.25, 0.3) is 0 Å². The quantitative estimate of drug-likeness (QED) is 0.858. The number of ether oxygens (including phenoxy) is 1. The van der Waals surface area contributed by atoms with Crippen molar-refractivity contribution in [2.45, 2.75) is 0 Å². The topological polar surface area (TPSA) is 44.8 Å². The number of nitrogens with one attached hydrogen (secondary N) is 1. The van der Waals surface area contributed by atoms with Gasteiger partial charge in [0.2, 0.25) is 5.91 Å². The Morgan fingerprint density at radius 3 is 2.52 bits per heavy atom. The fraction of sp³-hybridized carbons (Fsp3) is 0.533. The van der Waals surface area contributed by atoms with E-state index in [2.05, 4.69) is 27.2 Å². The first-order valence-electron chi connectivity index (χ1n) is 7.17. The highest BCUT2D eigenvalue weighted by atomic mass is 35.5. The molecule has 0 spiro atoms. The highest BCUT2D eigenvalue weighted by Crippen LogP contribution is 2.19. The molecule has 1 aliphatic heterocycles. The van der Waals surface area contributed by atoms with Gasteiger partial charge in [-0.3, -0.25) is 9.69 Å². The van der Waals surface area contributed by atoms with Crippen molar-refractivity contribution in [1.29, 1.82) is 0 Å². The Morgan fingerprint density at radius 1 is 1.24 bits per heavy atom. The van der Waals surface area contributed by atoms with Crippen molar-refractivity contribution in [1.82, 2.24) is 10.2 Å². The van der Waals surface area contributed by atoms with E-state index in [4.69, 9.17) is 16.3 Å². The van der Waals surface area contributed by atoms with Crippen LogP contribution in [-0.4, -0.2) is 63.8 Å². The lowest BCUT2D eigenvalue weighted by atomic mass is 10.2. The third kappa shape index (κ3) is 5.19. The maximum atomic E-state index is 11.3. The Labute approximate surface area is 130 Å². The molecule has 1 N–H and O–H groups in total. The Hall–Kier alpha value is -1.30. The number of halogens is 1. The van der Waals surface area contributed by atoms with Crippen molar-refractivity contribution in [3.63, 3.8) is 0 Å². The van der Waals surface area contributed by atoms with E-state index < -0.39 is 0 Å². The molecule has 1 heterocycles. The number of carbonyl (C=O) groups excluding carboxylic acids is 1. The molecule has 0 aliphatic carbocycles. The van der Waals surface area contributed by atoms with Gasteiger partial charge in [0.05, 0.1) is 0 Å². The van der Waals surface area contributed by atoms with Gasteiger partial charge >= 0.3 is 0 Å². The molecule has 0 saturated carbocycles. The molecule has 116 valence electrons. The first-order valence-corrected chi connectivity index (χ1v) is 7.55. The van der Waals surface area contributed by atoms with E-state index in [1.54, 1.807) is 0 Å². The normalized spacial score (nSPS) is 16.0. The summed E-state index contributed by atoms with van der Waals surface area (Å²) >= 11 is 5.91. The minimum atomic E-state index is -0.0581. The van der Waals surface area contributed by atoms with Crippen LogP contribution in [0.5, 0.6) is 0 Å². The Bertz CT molecular complexity index is 445. The molecular formula is C15H22ClN3O2. The summed E-state index contributed by atoms with van der Waals surface area (Å²) in [7, 11) is 1.52. The molecule has 2 rings (SSSR count). The number of anilines is 1. The second-order valence-electron chi connectivity index (χ2n) is 5.09. The van der Waals surface area contributed by atoms with Gasteiger partial charge in [-0.25, -0.2) is 0 Å². The van der Waals surface area contributed by atoms with E-state index in [9.17, 15) is 4.79 Å². The smallest absolute Gasteiger partial charge is 0.246 e. The van der Waals surface area contributed by atoms with E-state index >= 15 is 0 Å². The van der Waals surface area contributed by atoms with E-state index in [0.29, 0.717) is 6.54 Å². The maximum Gasteiger partial charge on any atom is 0.246 e. The number of benzene rings is 1. The van der Waals surface area contributed by atoms with E-state index in [1.165, 1.54) is 12.8 Å². The van der Waals surface area contributed by atoms with Gasteiger partial charge in [-0.1, -0.05) is 11.6 Å². The molecule has 0 radical (unpaired) electrons. The average molecular weight is 312 g/mol. The molecule has 1 aliphatic rings. The van der Waals surface area contributed by atoms with Crippen LogP contribution in [-0.2, 0) is 9.53 Å². The average Bonchev–Trinajstić information content (AvgIpc) is 2.49. The second kappa shape index (κ2) is 8.22. The van der Waals surface area contributed by atoms with Crippen molar-refractivity contribution in [2.24, 2.45) is 0 Å². The van der Waals surface area contributed by atoms with Gasteiger partial charge in [0.15, 0.2) is 0 Å². The largest absolute Gasteiger partial charge is 0.375 e. The fourth-order valence-corrected chi connectivity index (χ4v) is 2.54. The SMILES string of the molecule is COCC(=O)NCCN1CCN(c2ccc(Cl)cc2)CC1. The van der Waals surface area contributed by atoms with Gasteiger partial charge in [0, 0.05) is 57.1 Å². The molecule has 1 aromatic carbocycles. The lowest BCUT2D eigenvalue weighted by molar-refractivity contribution is -0.124. The highest BCUT2D eigenvalue weighted by Gasteiger charge is 2.16. The molecule has 0 unspecified atom stereocenters. The number of carbonyl (C=O) groups is 1. The summed E-state index contributed by atoms with van der Waals surface area (Å²) in [4.78, 5) is 16.0. The van der Waals surface area contributed by atoms with Crippen molar-refractivity contribution in [3.8, 4) is 0 Å². The van der Waals surface area contributed by atoms with Crippen molar-refractivity contribution in [2.75, 3.05) is 57.9 Å². The molecule has 0 bridgehead atoms. The number of hydrogen-bond acceptors (Lipinski definition) is 4. The van der Waals surface area contributed by atoms with Gasteiger partial charge < -0.3 is 15.0 Å². The van der Waals surface area contributed by atoms with Crippen LogP contribution >= 0.6 is 11.6 Å². The number of nitrogens with zero attached hydrogens (tertiary/aromatic N) is 2. The first kappa shape index (κ1) is 16.1. The van der Waals surface area contributed by atoms with Crippen molar-refractivity contribution in [3.05, 3.63) is 29.3 Å². The summed E-state index contributed by atoms with van der Waals surface area (Å²) in [6.45, 7) is 5.67. The number of amides is 1. The number of piperazine rings is 1. The summed E-state index contributed by atoms with van der Waals surface area (Å²) in [5, 5.41) is 3.61. The van der Waals surface area contributed by atoms with E-state index in [-0.39, 0.29) is 12.5 Å². The molecular weight excluding hydrogens is 290 g/mol. The van der Waals surface area contributed by atoms with Crippen molar-refractivity contribution >= 4 is 23.2 Å². The molecule has 1 fully saturated rings. The van der Waals surface area contributed by atoms with Crippen LogP contribution in [0.2, 0.25) is 5.02 Å². The van der Waals surface area contributed by atoms with Crippen molar-refractivity contribution < 1.29 is 9.53 Å². The predicted octanol–water partition coefficient (Wildman–Crippen LogP) is 1.22. The standard InChI is InChI=1S/C15H22ClN3O2/c1-21-12-15(20)17-6-7-18-8-10-19(11-9-18)14-4-2-13(16)3-5-14/h2-5H,6-12H2,1H3,(H,17,20). The molecule has 21 heavy (non-hydrogen) atoms. The van der Waals surface area contributed by atoms with Crippen LogP contribution in [0.15, 0.2) is 24.3 Å². The molecule has 6 heteroatoms. The van der Waals surface area contributed by atoms with Gasteiger partial charge in [-0.05, 0) is 24.3 Å². The van der Waals surface area contributed by atoms with Crippen LogP contribution < -0.4 is 10.2 Å². The third-order valence-electron chi connectivity index (χ3n) is 3.59. The van der Waals surface area contributed by atoms with Gasteiger partial charge in [-0.15, -0.1) is 0 Å². The minimum absolute atomic E-state index is 0.0581. The zero-order chi connectivity index (χ0) is 15.1. The molecule has 1 saturated heterocycles. The molecule has 1 amide bonds. The lowest BCUT2D eigenvalue weighted by Crippen LogP contribution is -2.48. The first-order chi connectivity index (χ1) is 10.2. The summed E-state index contributed by atoms with van der Waals surface area (Å²) in [5.41, 5.74) is 1.22. The zero-order valence-corrected chi connectivity index (χ0v) is 13.1. The number of rotatable bonds is 6. The summed E-state index contributed by atoms with van der Waals surface area (Å²) in [6.07, 6.45) is 0. The van der Waals surface area contributed by atoms with Gasteiger partial charge in [0.1, 0.15) is 6.61 Å². The van der Waals surface area contributed by atoms with E-state index in [0.717, 1.165) is 37.7 Å². The van der Waals surface area contributed by atoms with Gasteiger partial charge in [0.25, 0.3) is 0 Å². The van der Waals surface area contributed by atoms with Crippen LogP contribution in [0, 0.1) is 0 Å². The van der Waals surface area contributed by atoms with Crippen LogP contribution in [0.4, 0.5) is 5.69 Å². The Morgan fingerprint density at radius 2 is 1.90 bits per heavy atom. The number of hydrogen-bond donors (Lipinski definition) is 1. The summed E-state index contributed by atoms with van der Waals surface area (Å²) in [5.74, 6) is -0.0581. The van der Waals surface area contributed by atoms with Crippen LogP contribution in [0.3, 0.4) is 0 Å². The molecule has 0 aromatic heterocycles. The van der Waals surface area contributed by atoms with Crippen LogP contribution in [0.1, 0.15) is 0 Å². The minimum Gasteiger partial charge on any atom is -0.375 e. The maximum absolute atomic E-state index is 11.3. The predicted molar refractivity (Wildman–Crippen MR) is 85.0 cm³/mol. The molecule has 5 nitrogen and oxygen atoms in total. The Kier molecular flexibility index (Phi) is 6.29. The number of methoxy groups -OCH3 is 1. The Balaban J connectivity index is 1.68. The fourth-order valence-electron chi connectivity index (χ4n) is 2.42. The molecule has 1 aromatic rings. The third-order valence-corrected chi connectivity index (χ3v) is 3.84.